The Morgan fingerprint density at radius 1 is 1.36 bits per heavy atom. The molecule has 1 N–H and O–H groups in total. The Balaban J connectivity index is 1.75. The zero-order chi connectivity index (χ0) is 15.5. The van der Waals surface area contributed by atoms with Crippen LogP contribution in [-0.4, -0.2) is 23.3 Å². The molecule has 114 valence electrons. The number of thiazole rings is 1. The van der Waals surface area contributed by atoms with Crippen molar-refractivity contribution in [3.63, 3.8) is 0 Å². The number of carbonyl (C=O) groups excluding carboxylic acids is 2. The predicted molar refractivity (Wildman–Crippen MR) is 88.1 cm³/mol. The van der Waals surface area contributed by atoms with Crippen LogP contribution in [0.4, 0.5) is 10.8 Å². The first-order valence-corrected chi connectivity index (χ1v) is 8.21. The second-order valence-electron chi connectivity index (χ2n) is 5.14. The molecule has 1 saturated heterocycles. The van der Waals surface area contributed by atoms with Crippen LogP contribution < -0.4 is 10.2 Å². The summed E-state index contributed by atoms with van der Waals surface area (Å²) >= 11 is 1.41. The van der Waals surface area contributed by atoms with Gasteiger partial charge in [0, 0.05) is 36.0 Å². The smallest absolute Gasteiger partial charge is 0.227 e. The molecule has 6 heteroatoms. The Bertz CT molecular complexity index is 694. The highest BCUT2D eigenvalue weighted by Gasteiger charge is 2.21. The summed E-state index contributed by atoms with van der Waals surface area (Å²) in [6.07, 6.45) is 1.99. The number of amides is 2. The van der Waals surface area contributed by atoms with Crippen LogP contribution >= 0.6 is 11.3 Å². The minimum Gasteiger partial charge on any atom is -0.312 e. The van der Waals surface area contributed by atoms with Gasteiger partial charge in [0.15, 0.2) is 5.13 Å². The van der Waals surface area contributed by atoms with Gasteiger partial charge in [-0.2, -0.15) is 0 Å². The first kappa shape index (κ1) is 14.7. The van der Waals surface area contributed by atoms with E-state index >= 15 is 0 Å². The van der Waals surface area contributed by atoms with Gasteiger partial charge >= 0.3 is 0 Å². The van der Waals surface area contributed by atoms with Crippen molar-refractivity contribution in [2.45, 2.75) is 26.2 Å². The number of carbonyl (C=O) groups is 2. The monoisotopic (exact) mass is 315 g/mol. The maximum Gasteiger partial charge on any atom is 0.227 e. The number of hydrogen-bond donors (Lipinski definition) is 1. The van der Waals surface area contributed by atoms with Crippen molar-refractivity contribution in [1.29, 1.82) is 0 Å². The van der Waals surface area contributed by atoms with Crippen LogP contribution in [0.25, 0.3) is 11.3 Å². The van der Waals surface area contributed by atoms with E-state index in [1.807, 2.05) is 41.5 Å². The third kappa shape index (κ3) is 3.01. The molecule has 1 aromatic carbocycles. The molecule has 0 saturated carbocycles. The van der Waals surface area contributed by atoms with Crippen molar-refractivity contribution < 1.29 is 9.59 Å². The molecule has 2 heterocycles. The lowest BCUT2D eigenvalue weighted by atomic mass is 10.1. The zero-order valence-corrected chi connectivity index (χ0v) is 13.2. The predicted octanol–water partition coefficient (Wildman–Crippen LogP) is 3.29. The summed E-state index contributed by atoms with van der Waals surface area (Å²) in [5, 5.41) is 5.29. The summed E-state index contributed by atoms with van der Waals surface area (Å²) < 4.78 is 0. The molecule has 0 spiro atoms. The number of rotatable bonds is 4. The van der Waals surface area contributed by atoms with Gasteiger partial charge in [0.05, 0.1) is 5.69 Å². The molecule has 0 atom stereocenters. The van der Waals surface area contributed by atoms with E-state index in [9.17, 15) is 9.59 Å². The van der Waals surface area contributed by atoms with E-state index in [2.05, 4.69) is 10.3 Å². The molecule has 0 unspecified atom stereocenters. The molecule has 1 aliphatic rings. The van der Waals surface area contributed by atoms with E-state index in [-0.39, 0.29) is 11.8 Å². The Morgan fingerprint density at radius 2 is 2.14 bits per heavy atom. The highest BCUT2D eigenvalue weighted by Crippen LogP contribution is 2.28. The fourth-order valence-corrected chi connectivity index (χ4v) is 3.14. The summed E-state index contributed by atoms with van der Waals surface area (Å²) in [7, 11) is 0. The van der Waals surface area contributed by atoms with Crippen LogP contribution in [-0.2, 0) is 9.59 Å². The molecular weight excluding hydrogens is 298 g/mol. The van der Waals surface area contributed by atoms with Crippen LogP contribution in [0.15, 0.2) is 29.6 Å². The average Bonchev–Trinajstić information content (AvgIpc) is 3.16. The Morgan fingerprint density at radius 3 is 2.77 bits per heavy atom. The third-order valence-corrected chi connectivity index (χ3v) is 4.38. The molecule has 2 aromatic rings. The fraction of sp³-hybridized carbons (Fsp3) is 0.312. The fourth-order valence-electron chi connectivity index (χ4n) is 2.40. The van der Waals surface area contributed by atoms with Gasteiger partial charge < -0.3 is 10.2 Å². The zero-order valence-electron chi connectivity index (χ0n) is 12.3. The van der Waals surface area contributed by atoms with Gasteiger partial charge in [0.1, 0.15) is 0 Å². The van der Waals surface area contributed by atoms with E-state index in [4.69, 9.17) is 0 Å². The van der Waals surface area contributed by atoms with Crippen molar-refractivity contribution in [3.8, 4) is 11.3 Å². The first-order valence-electron chi connectivity index (χ1n) is 7.33. The lowest BCUT2D eigenvalue weighted by Gasteiger charge is -2.15. The number of hydrogen-bond acceptors (Lipinski definition) is 4. The van der Waals surface area contributed by atoms with Crippen LogP contribution in [0.5, 0.6) is 0 Å². The molecule has 1 fully saturated rings. The summed E-state index contributed by atoms with van der Waals surface area (Å²) in [4.78, 5) is 29.3. The number of nitrogens with zero attached hydrogens (tertiary/aromatic N) is 2. The minimum absolute atomic E-state index is 0.0382. The van der Waals surface area contributed by atoms with Gasteiger partial charge in [-0.05, 0) is 18.6 Å². The molecule has 2 amide bonds. The van der Waals surface area contributed by atoms with E-state index in [0.29, 0.717) is 18.0 Å². The van der Waals surface area contributed by atoms with Crippen molar-refractivity contribution in [2.24, 2.45) is 0 Å². The van der Waals surface area contributed by atoms with Gasteiger partial charge in [0.2, 0.25) is 11.8 Å². The van der Waals surface area contributed by atoms with E-state index < -0.39 is 0 Å². The van der Waals surface area contributed by atoms with Gasteiger partial charge in [-0.3, -0.25) is 9.59 Å². The quantitative estimate of drug-likeness (QED) is 0.941. The highest BCUT2D eigenvalue weighted by molar-refractivity contribution is 7.14. The summed E-state index contributed by atoms with van der Waals surface area (Å²) in [5.41, 5.74) is 2.74. The molecular formula is C16H17N3O2S. The molecule has 22 heavy (non-hydrogen) atoms. The summed E-state index contributed by atoms with van der Waals surface area (Å²) in [5.74, 6) is 0.148. The average molecular weight is 315 g/mol. The van der Waals surface area contributed by atoms with Crippen molar-refractivity contribution in [3.05, 3.63) is 29.6 Å². The number of anilines is 2. The number of aromatic nitrogens is 1. The van der Waals surface area contributed by atoms with Gasteiger partial charge in [0.25, 0.3) is 0 Å². The van der Waals surface area contributed by atoms with Crippen LogP contribution in [0.3, 0.4) is 0 Å². The van der Waals surface area contributed by atoms with E-state index in [0.717, 1.165) is 29.9 Å². The minimum atomic E-state index is -0.0382. The second-order valence-corrected chi connectivity index (χ2v) is 5.99. The van der Waals surface area contributed by atoms with E-state index in [1.165, 1.54) is 11.3 Å². The molecule has 0 radical (unpaired) electrons. The van der Waals surface area contributed by atoms with Gasteiger partial charge in [-0.1, -0.05) is 19.1 Å². The largest absolute Gasteiger partial charge is 0.312 e. The maximum atomic E-state index is 11.7. The summed E-state index contributed by atoms with van der Waals surface area (Å²) in [6.45, 7) is 2.60. The Hall–Kier alpha value is -2.21. The molecule has 1 aromatic heterocycles. The standard InChI is InChI=1S/C16H17N3O2S/c1-2-14(20)18-16-17-13(10-22-16)11-5-7-12(8-6-11)19-9-3-4-15(19)21/h5-8,10H,2-4,9H2,1H3,(H,17,18,20). The van der Waals surface area contributed by atoms with E-state index in [1.54, 1.807) is 0 Å². The Kier molecular flexibility index (Phi) is 4.20. The van der Waals surface area contributed by atoms with Crippen LogP contribution in [0.2, 0.25) is 0 Å². The topological polar surface area (TPSA) is 62.3 Å². The SMILES string of the molecule is CCC(=O)Nc1nc(-c2ccc(N3CCCC3=O)cc2)cs1. The number of nitrogens with one attached hydrogen (secondary N) is 1. The van der Waals surface area contributed by atoms with Crippen LogP contribution in [0.1, 0.15) is 26.2 Å². The maximum absolute atomic E-state index is 11.7. The number of benzene rings is 1. The lowest BCUT2D eigenvalue weighted by Crippen LogP contribution is -2.23. The highest BCUT2D eigenvalue weighted by atomic mass is 32.1. The lowest BCUT2D eigenvalue weighted by molar-refractivity contribution is -0.117. The molecule has 0 bridgehead atoms. The second kappa shape index (κ2) is 6.27. The van der Waals surface area contributed by atoms with Gasteiger partial charge in [-0.15, -0.1) is 11.3 Å². The van der Waals surface area contributed by atoms with Gasteiger partial charge in [-0.25, -0.2) is 4.98 Å². The summed E-state index contributed by atoms with van der Waals surface area (Å²) in [6, 6.07) is 7.81. The van der Waals surface area contributed by atoms with Crippen molar-refractivity contribution in [1.82, 2.24) is 4.98 Å². The van der Waals surface area contributed by atoms with Crippen LogP contribution in [0, 0.1) is 0 Å². The Labute approximate surface area is 133 Å². The third-order valence-electron chi connectivity index (χ3n) is 3.62. The first-order chi connectivity index (χ1) is 10.7. The molecule has 1 aliphatic heterocycles. The van der Waals surface area contributed by atoms with Crippen molar-refractivity contribution in [2.75, 3.05) is 16.8 Å². The molecule has 5 nitrogen and oxygen atoms in total. The van der Waals surface area contributed by atoms with Crippen molar-refractivity contribution >= 4 is 34.0 Å². The molecule has 0 aliphatic carbocycles. The molecule has 3 rings (SSSR count). The normalized spacial score (nSPS) is 14.4.